The van der Waals surface area contributed by atoms with Crippen LogP contribution in [0.25, 0.3) is 0 Å². The van der Waals surface area contributed by atoms with Gasteiger partial charge in [-0.05, 0) is 65.3 Å². The fourth-order valence-electron chi connectivity index (χ4n) is 3.68. The van der Waals surface area contributed by atoms with Crippen molar-refractivity contribution in [2.45, 2.75) is 59.2 Å². The van der Waals surface area contributed by atoms with Crippen LogP contribution in [-0.2, 0) is 16.1 Å². The predicted molar refractivity (Wildman–Crippen MR) is 123 cm³/mol. The first kappa shape index (κ1) is 24.6. The summed E-state index contributed by atoms with van der Waals surface area (Å²) in [5, 5.41) is 5.76. The largest absolute Gasteiger partial charge is 0.353 e. The number of allylic oxidation sites excluding steroid dienone is 1. The Labute approximate surface area is 185 Å². The van der Waals surface area contributed by atoms with Gasteiger partial charge in [0, 0.05) is 43.4 Å². The van der Waals surface area contributed by atoms with Crippen LogP contribution in [-0.4, -0.2) is 66.3 Å². The van der Waals surface area contributed by atoms with Crippen molar-refractivity contribution >= 4 is 17.7 Å². The van der Waals surface area contributed by atoms with Crippen LogP contribution in [0.15, 0.2) is 35.9 Å². The van der Waals surface area contributed by atoms with E-state index in [9.17, 15) is 14.4 Å². The van der Waals surface area contributed by atoms with Crippen LogP contribution in [0.4, 0.5) is 0 Å². The van der Waals surface area contributed by atoms with Gasteiger partial charge in [0.2, 0.25) is 11.8 Å². The van der Waals surface area contributed by atoms with Crippen molar-refractivity contribution < 1.29 is 14.4 Å². The number of hydrogen-bond donors (Lipinski definition) is 2. The molecule has 1 saturated heterocycles. The molecule has 0 aliphatic carbocycles. The third kappa shape index (κ3) is 8.17. The summed E-state index contributed by atoms with van der Waals surface area (Å²) in [6, 6.07) is 7.83. The number of hydrogen-bond acceptors (Lipinski definition) is 4. The van der Waals surface area contributed by atoms with E-state index in [-0.39, 0.29) is 23.8 Å². The molecule has 1 aromatic carbocycles. The third-order valence-electron chi connectivity index (χ3n) is 5.31. The van der Waals surface area contributed by atoms with Gasteiger partial charge in [0.25, 0.3) is 5.91 Å². The average molecular weight is 429 g/mol. The molecule has 0 saturated carbocycles. The molecule has 31 heavy (non-hydrogen) atoms. The molecule has 0 unspecified atom stereocenters. The maximum absolute atomic E-state index is 12.8. The van der Waals surface area contributed by atoms with E-state index < -0.39 is 0 Å². The third-order valence-corrected chi connectivity index (χ3v) is 5.31. The van der Waals surface area contributed by atoms with E-state index in [2.05, 4.69) is 15.5 Å². The molecule has 7 heteroatoms. The molecule has 3 amide bonds. The second-order valence-corrected chi connectivity index (χ2v) is 8.80. The van der Waals surface area contributed by atoms with Gasteiger partial charge >= 0.3 is 0 Å². The van der Waals surface area contributed by atoms with E-state index in [0.29, 0.717) is 37.8 Å². The Balaban J connectivity index is 1.82. The highest BCUT2D eigenvalue weighted by Crippen LogP contribution is 2.18. The van der Waals surface area contributed by atoms with E-state index in [1.54, 1.807) is 6.08 Å². The van der Waals surface area contributed by atoms with Gasteiger partial charge in [-0.2, -0.15) is 0 Å². The predicted octanol–water partition coefficient (Wildman–Crippen LogP) is 2.33. The van der Waals surface area contributed by atoms with E-state index in [1.807, 2.05) is 63.9 Å². The summed E-state index contributed by atoms with van der Waals surface area (Å²) < 4.78 is 0. The Bertz CT molecular complexity index is 790. The SMILES string of the molecule is CC(C)=CC(=O)NCc1ccc(C(=O)N2CCC(N(C)CC(=O)NC(C)C)CC2)cc1. The molecule has 1 heterocycles. The van der Waals surface area contributed by atoms with Crippen molar-refractivity contribution in [1.29, 1.82) is 0 Å². The first-order valence-electron chi connectivity index (χ1n) is 11.0. The molecule has 170 valence electrons. The highest BCUT2D eigenvalue weighted by atomic mass is 16.2. The van der Waals surface area contributed by atoms with Gasteiger partial charge in [-0.3, -0.25) is 19.3 Å². The molecule has 2 N–H and O–H groups in total. The zero-order valence-corrected chi connectivity index (χ0v) is 19.4. The number of likely N-dealkylation sites (tertiary alicyclic amines) is 1. The summed E-state index contributed by atoms with van der Waals surface area (Å²) in [7, 11) is 1.97. The lowest BCUT2D eigenvalue weighted by atomic mass is 10.0. The summed E-state index contributed by atoms with van der Waals surface area (Å²) in [5.74, 6) is -0.0541. The molecule has 0 spiro atoms. The quantitative estimate of drug-likeness (QED) is 0.623. The number of likely N-dealkylation sites (N-methyl/N-ethyl adjacent to an activating group) is 1. The Morgan fingerprint density at radius 3 is 2.29 bits per heavy atom. The van der Waals surface area contributed by atoms with Gasteiger partial charge in [0.15, 0.2) is 0 Å². The molecule has 0 atom stereocenters. The van der Waals surface area contributed by atoms with E-state index in [1.165, 1.54) is 0 Å². The molecule has 7 nitrogen and oxygen atoms in total. The molecular weight excluding hydrogens is 392 g/mol. The lowest BCUT2D eigenvalue weighted by molar-refractivity contribution is -0.123. The lowest BCUT2D eigenvalue weighted by Gasteiger charge is -2.36. The van der Waals surface area contributed by atoms with Gasteiger partial charge in [0.1, 0.15) is 0 Å². The van der Waals surface area contributed by atoms with Crippen molar-refractivity contribution in [2.75, 3.05) is 26.7 Å². The van der Waals surface area contributed by atoms with Gasteiger partial charge in [-0.1, -0.05) is 17.7 Å². The van der Waals surface area contributed by atoms with Crippen molar-refractivity contribution in [3.8, 4) is 0 Å². The van der Waals surface area contributed by atoms with Crippen molar-refractivity contribution in [3.63, 3.8) is 0 Å². The van der Waals surface area contributed by atoms with Crippen molar-refractivity contribution in [2.24, 2.45) is 0 Å². The number of carbonyl (C=O) groups is 3. The van der Waals surface area contributed by atoms with Crippen molar-refractivity contribution in [1.82, 2.24) is 20.4 Å². The van der Waals surface area contributed by atoms with Crippen LogP contribution < -0.4 is 10.6 Å². The zero-order chi connectivity index (χ0) is 23.0. The Kier molecular flexibility index (Phi) is 9.24. The topological polar surface area (TPSA) is 81.8 Å². The number of benzene rings is 1. The van der Waals surface area contributed by atoms with Crippen LogP contribution in [0.5, 0.6) is 0 Å². The van der Waals surface area contributed by atoms with Gasteiger partial charge < -0.3 is 15.5 Å². The summed E-state index contributed by atoms with van der Waals surface area (Å²) in [4.78, 5) is 40.5. The lowest BCUT2D eigenvalue weighted by Crippen LogP contribution is -2.48. The maximum Gasteiger partial charge on any atom is 0.253 e. The number of piperidine rings is 1. The van der Waals surface area contributed by atoms with Crippen LogP contribution >= 0.6 is 0 Å². The van der Waals surface area contributed by atoms with E-state index in [0.717, 1.165) is 24.0 Å². The Morgan fingerprint density at radius 2 is 1.74 bits per heavy atom. The molecule has 0 aromatic heterocycles. The summed E-state index contributed by atoms with van der Waals surface area (Å²) in [5.41, 5.74) is 2.56. The monoisotopic (exact) mass is 428 g/mol. The average Bonchev–Trinajstić information content (AvgIpc) is 2.71. The minimum absolute atomic E-state index is 0.0266. The Hall–Kier alpha value is -2.67. The zero-order valence-electron chi connectivity index (χ0n) is 19.4. The first-order valence-corrected chi connectivity index (χ1v) is 11.0. The fourth-order valence-corrected chi connectivity index (χ4v) is 3.68. The summed E-state index contributed by atoms with van der Waals surface area (Å²) in [6.45, 7) is 9.83. The second kappa shape index (κ2) is 11.6. The Morgan fingerprint density at radius 1 is 1.13 bits per heavy atom. The molecule has 1 aliphatic heterocycles. The van der Waals surface area contributed by atoms with E-state index >= 15 is 0 Å². The second-order valence-electron chi connectivity index (χ2n) is 8.80. The van der Waals surface area contributed by atoms with Crippen LogP contribution in [0.1, 0.15) is 56.5 Å². The molecule has 1 fully saturated rings. The molecule has 0 radical (unpaired) electrons. The van der Waals surface area contributed by atoms with Crippen LogP contribution in [0.3, 0.4) is 0 Å². The van der Waals surface area contributed by atoms with Crippen LogP contribution in [0.2, 0.25) is 0 Å². The van der Waals surface area contributed by atoms with Gasteiger partial charge in [-0.25, -0.2) is 0 Å². The standard InChI is InChI=1S/C24H36N4O3/c1-17(2)14-22(29)25-15-19-6-8-20(9-7-19)24(31)28-12-10-21(11-13-28)27(5)16-23(30)26-18(3)4/h6-9,14,18,21H,10-13,15-16H2,1-5H3,(H,25,29)(H,26,30). The number of nitrogens with zero attached hydrogens (tertiary/aromatic N) is 2. The minimum atomic E-state index is -0.116. The minimum Gasteiger partial charge on any atom is -0.353 e. The summed E-state index contributed by atoms with van der Waals surface area (Å²) in [6.07, 6.45) is 3.27. The highest BCUT2D eigenvalue weighted by Gasteiger charge is 2.26. The number of amides is 3. The van der Waals surface area contributed by atoms with Crippen molar-refractivity contribution in [3.05, 3.63) is 47.0 Å². The van der Waals surface area contributed by atoms with Gasteiger partial charge in [-0.15, -0.1) is 0 Å². The summed E-state index contributed by atoms with van der Waals surface area (Å²) >= 11 is 0. The number of carbonyl (C=O) groups excluding carboxylic acids is 3. The molecule has 1 aliphatic rings. The number of nitrogens with one attached hydrogen (secondary N) is 2. The normalized spacial score (nSPS) is 14.5. The molecule has 2 rings (SSSR count). The molecular formula is C24H36N4O3. The number of rotatable bonds is 8. The van der Waals surface area contributed by atoms with E-state index in [4.69, 9.17) is 0 Å². The first-order chi connectivity index (χ1) is 14.7. The molecule has 0 bridgehead atoms. The van der Waals surface area contributed by atoms with Gasteiger partial charge in [0.05, 0.1) is 6.54 Å². The maximum atomic E-state index is 12.8. The smallest absolute Gasteiger partial charge is 0.253 e. The fraction of sp³-hybridized carbons (Fsp3) is 0.542. The highest BCUT2D eigenvalue weighted by molar-refractivity contribution is 5.94. The molecule has 1 aromatic rings. The van der Waals surface area contributed by atoms with Crippen LogP contribution in [0, 0.1) is 0 Å².